The van der Waals surface area contributed by atoms with Crippen LogP contribution in [0.3, 0.4) is 0 Å². The predicted octanol–water partition coefficient (Wildman–Crippen LogP) is 1.94. The Bertz CT molecular complexity index is 163. The molecule has 3 nitrogen and oxygen atoms in total. The van der Waals surface area contributed by atoms with Gasteiger partial charge in [0, 0.05) is 13.2 Å². The first-order chi connectivity index (χ1) is 6.70. The normalized spacial score (nSPS) is 12.8. The first kappa shape index (κ1) is 13.4. The van der Waals surface area contributed by atoms with E-state index in [4.69, 9.17) is 10.00 Å². The Morgan fingerprint density at radius 1 is 1.29 bits per heavy atom. The lowest BCUT2D eigenvalue weighted by atomic mass is 10.1. The Morgan fingerprint density at radius 3 is 2.43 bits per heavy atom. The van der Waals surface area contributed by atoms with Gasteiger partial charge in [-0.1, -0.05) is 20.8 Å². The predicted molar refractivity (Wildman–Crippen MR) is 58.0 cm³/mol. The lowest BCUT2D eigenvalue weighted by Crippen LogP contribution is -2.28. The van der Waals surface area contributed by atoms with Gasteiger partial charge in [-0.2, -0.15) is 5.26 Å². The average molecular weight is 198 g/mol. The molecule has 0 saturated carbocycles. The van der Waals surface area contributed by atoms with Crippen LogP contribution in [0.5, 0.6) is 0 Å². The molecular formula is C11H22N2O. The fourth-order valence-corrected chi connectivity index (χ4v) is 1.08. The number of rotatable bonds is 8. The van der Waals surface area contributed by atoms with Gasteiger partial charge >= 0.3 is 0 Å². The molecular weight excluding hydrogens is 176 g/mol. The molecule has 14 heavy (non-hydrogen) atoms. The zero-order valence-corrected chi connectivity index (χ0v) is 9.55. The van der Waals surface area contributed by atoms with E-state index in [1.165, 1.54) is 0 Å². The first-order valence-corrected chi connectivity index (χ1v) is 5.41. The molecule has 3 heteroatoms. The lowest BCUT2D eigenvalue weighted by molar-refractivity contribution is 0.118. The highest BCUT2D eigenvalue weighted by Gasteiger charge is 2.04. The zero-order chi connectivity index (χ0) is 10.8. The smallest absolute Gasteiger partial charge is 0.0974 e. The van der Waals surface area contributed by atoms with Gasteiger partial charge in [0.05, 0.1) is 12.1 Å². The molecule has 0 aliphatic heterocycles. The van der Waals surface area contributed by atoms with Crippen LogP contribution in [0.15, 0.2) is 0 Å². The van der Waals surface area contributed by atoms with Gasteiger partial charge < -0.3 is 10.1 Å². The quantitative estimate of drug-likeness (QED) is 0.606. The summed E-state index contributed by atoms with van der Waals surface area (Å²) in [6, 6.07) is 2.16. The summed E-state index contributed by atoms with van der Waals surface area (Å²) in [6.07, 6.45) is 1.88. The summed E-state index contributed by atoms with van der Waals surface area (Å²) in [6.45, 7) is 8.69. The van der Waals surface area contributed by atoms with Crippen LogP contribution in [0.1, 0.15) is 33.6 Å². The van der Waals surface area contributed by atoms with Gasteiger partial charge in [-0.3, -0.25) is 0 Å². The maximum Gasteiger partial charge on any atom is 0.0974 e. The molecule has 0 aromatic rings. The van der Waals surface area contributed by atoms with E-state index in [1.807, 2.05) is 6.92 Å². The Kier molecular flexibility index (Phi) is 8.61. The van der Waals surface area contributed by atoms with Crippen molar-refractivity contribution in [3.63, 3.8) is 0 Å². The third kappa shape index (κ3) is 8.03. The highest BCUT2D eigenvalue weighted by Crippen LogP contribution is 1.99. The van der Waals surface area contributed by atoms with E-state index in [0.29, 0.717) is 12.5 Å². The van der Waals surface area contributed by atoms with Crippen LogP contribution < -0.4 is 5.32 Å². The standard InChI is InChI=1S/C11H22N2O/c1-4-13-11(9-12)6-8-14-7-5-10(2)3/h10-11,13H,4-8H2,1-3H3. The van der Waals surface area contributed by atoms with Crippen molar-refractivity contribution in [3.05, 3.63) is 0 Å². The minimum atomic E-state index is -0.0564. The van der Waals surface area contributed by atoms with Gasteiger partial charge in [0.1, 0.15) is 0 Å². The van der Waals surface area contributed by atoms with Gasteiger partial charge in [-0.15, -0.1) is 0 Å². The Morgan fingerprint density at radius 2 is 1.93 bits per heavy atom. The summed E-state index contributed by atoms with van der Waals surface area (Å²) in [5, 5.41) is 11.8. The third-order valence-electron chi connectivity index (χ3n) is 2.00. The van der Waals surface area contributed by atoms with Crippen LogP contribution in [0.25, 0.3) is 0 Å². The zero-order valence-electron chi connectivity index (χ0n) is 9.55. The fraction of sp³-hybridized carbons (Fsp3) is 0.909. The van der Waals surface area contributed by atoms with Gasteiger partial charge in [0.15, 0.2) is 0 Å². The second kappa shape index (κ2) is 8.98. The van der Waals surface area contributed by atoms with Gasteiger partial charge in [-0.05, 0) is 25.3 Å². The summed E-state index contributed by atoms with van der Waals surface area (Å²) >= 11 is 0. The van der Waals surface area contributed by atoms with E-state index < -0.39 is 0 Å². The highest BCUT2D eigenvalue weighted by molar-refractivity contribution is 4.88. The van der Waals surface area contributed by atoms with E-state index >= 15 is 0 Å². The lowest BCUT2D eigenvalue weighted by Gasteiger charge is -2.10. The number of nitrogens with one attached hydrogen (secondary N) is 1. The summed E-state index contributed by atoms with van der Waals surface area (Å²) < 4.78 is 5.43. The molecule has 1 N–H and O–H groups in total. The number of nitrogens with zero attached hydrogens (tertiary/aromatic N) is 1. The van der Waals surface area contributed by atoms with Crippen molar-refractivity contribution in [1.29, 1.82) is 5.26 Å². The van der Waals surface area contributed by atoms with E-state index in [9.17, 15) is 0 Å². The number of hydrogen-bond donors (Lipinski definition) is 1. The largest absolute Gasteiger partial charge is 0.381 e. The van der Waals surface area contributed by atoms with Crippen molar-refractivity contribution < 1.29 is 4.74 Å². The van der Waals surface area contributed by atoms with Crippen molar-refractivity contribution in [1.82, 2.24) is 5.32 Å². The van der Waals surface area contributed by atoms with Crippen molar-refractivity contribution in [2.45, 2.75) is 39.7 Å². The molecule has 1 atom stereocenters. The average Bonchev–Trinajstić information content (AvgIpc) is 2.15. The molecule has 0 fully saturated rings. The number of ether oxygens (including phenoxy) is 1. The molecule has 0 aliphatic rings. The van der Waals surface area contributed by atoms with E-state index in [0.717, 1.165) is 26.0 Å². The second-order valence-corrected chi connectivity index (χ2v) is 3.82. The molecule has 0 bridgehead atoms. The van der Waals surface area contributed by atoms with Crippen LogP contribution in [-0.4, -0.2) is 25.8 Å². The van der Waals surface area contributed by atoms with E-state index in [1.54, 1.807) is 0 Å². The molecule has 1 unspecified atom stereocenters. The molecule has 0 aliphatic carbocycles. The molecule has 0 heterocycles. The summed E-state index contributed by atoms with van der Waals surface area (Å²) in [4.78, 5) is 0. The molecule has 82 valence electrons. The number of hydrogen-bond acceptors (Lipinski definition) is 3. The monoisotopic (exact) mass is 198 g/mol. The molecule has 0 rings (SSSR count). The van der Waals surface area contributed by atoms with Crippen LogP contribution >= 0.6 is 0 Å². The molecule has 0 saturated heterocycles. The SMILES string of the molecule is CCNC(C#N)CCOCCC(C)C. The van der Waals surface area contributed by atoms with Crippen molar-refractivity contribution in [3.8, 4) is 6.07 Å². The molecule has 0 aromatic heterocycles. The Hall–Kier alpha value is -0.590. The molecule has 0 radical (unpaired) electrons. The van der Waals surface area contributed by atoms with Gasteiger partial charge in [0.2, 0.25) is 0 Å². The number of nitriles is 1. The van der Waals surface area contributed by atoms with Crippen LogP contribution in [0, 0.1) is 17.2 Å². The van der Waals surface area contributed by atoms with Gasteiger partial charge in [-0.25, -0.2) is 0 Å². The Labute approximate surface area is 87.4 Å². The molecule has 0 spiro atoms. The van der Waals surface area contributed by atoms with Crippen molar-refractivity contribution in [2.75, 3.05) is 19.8 Å². The maximum atomic E-state index is 8.73. The summed E-state index contributed by atoms with van der Waals surface area (Å²) in [5.74, 6) is 0.690. The highest BCUT2D eigenvalue weighted by atomic mass is 16.5. The van der Waals surface area contributed by atoms with E-state index in [2.05, 4.69) is 25.2 Å². The summed E-state index contributed by atoms with van der Waals surface area (Å²) in [7, 11) is 0. The minimum Gasteiger partial charge on any atom is -0.381 e. The van der Waals surface area contributed by atoms with Crippen LogP contribution in [-0.2, 0) is 4.74 Å². The first-order valence-electron chi connectivity index (χ1n) is 5.41. The Balaban J connectivity index is 3.30. The maximum absolute atomic E-state index is 8.73. The molecule has 0 aromatic carbocycles. The second-order valence-electron chi connectivity index (χ2n) is 3.82. The summed E-state index contributed by atoms with van der Waals surface area (Å²) in [5.41, 5.74) is 0. The van der Waals surface area contributed by atoms with Crippen LogP contribution in [0.4, 0.5) is 0 Å². The topological polar surface area (TPSA) is 45.0 Å². The van der Waals surface area contributed by atoms with E-state index in [-0.39, 0.29) is 6.04 Å². The van der Waals surface area contributed by atoms with Crippen molar-refractivity contribution >= 4 is 0 Å². The third-order valence-corrected chi connectivity index (χ3v) is 2.00. The van der Waals surface area contributed by atoms with Crippen molar-refractivity contribution in [2.24, 2.45) is 5.92 Å². The van der Waals surface area contributed by atoms with Crippen LogP contribution in [0.2, 0.25) is 0 Å². The molecule has 0 amide bonds. The minimum absolute atomic E-state index is 0.0564. The van der Waals surface area contributed by atoms with Gasteiger partial charge in [0.25, 0.3) is 0 Å². The fourth-order valence-electron chi connectivity index (χ4n) is 1.08.